The largest absolute Gasteiger partial charge is 0.463 e. The molecule has 0 aliphatic carbocycles. The summed E-state index contributed by atoms with van der Waals surface area (Å²) in [4.78, 5) is 23.8. The molecule has 24 heavy (non-hydrogen) atoms. The molecule has 0 saturated heterocycles. The van der Waals surface area contributed by atoms with Crippen LogP contribution < -0.4 is 0 Å². The average molecular weight is 343 g/mol. The van der Waals surface area contributed by atoms with Gasteiger partial charge in [-0.1, -0.05) is 36.4 Å². The minimum atomic E-state index is -3.90. The van der Waals surface area contributed by atoms with E-state index in [1.807, 2.05) is 0 Å². The van der Waals surface area contributed by atoms with E-state index in [2.05, 4.69) is 4.74 Å². The molecule has 3 aromatic rings. The lowest BCUT2D eigenvalue weighted by Gasteiger charge is -2.07. The Bertz CT molecular complexity index is 1040. The van der Waals surface area contributed by atoms with Gasteiger partial charge in [0.15, 0.2) is 0 Å². The first-order valence-corrected chi connectivity index (χ1v) is 8.44. The lowest BCUT2D eigenvalue weighted by molar-refractivity contribution is -0.135. The molecule has 0 spiro atoms. The zero-order chi connectivity index (χ0) is 17.3. The zero-order valence-corrected chi connectivity index (χ0v) is 13.5. The van der Waals surface area contributed by atoms with Crippen LogP contribution in [0.15, 0.2) is 65.7 Å². The quantitative estimate of drug-likeness (QED) is 0.412. The standard InChI is InChI=1S/C17H13NO5S/c1-23-17(20)16(19)14-11-18(15-10-6-5-9-13(14)15)24(21,22)12-7-3-2-4-8-12/h2-11H,1H3. The molecule has 1 heterocycles. The normalized spacial score (nSPS) is 11.4. The van der Waals surface area contributed by atoms with Crippen molar-refractivity contribution < 1.29 is 22.7 Å². The van der Waals surface area contributed by atoms with Crippen LogP contribution >= 0.6 is 0 Å². The number of hydrogen-bond acceptors (Lipinski definition) is 5. The van der Waals surface area contributed by atoms with Gasteiger partial charge < -0.3 is 4.74 Å². The second-order valence-corrected chi connectivity index (χ2v) is 6.81. The van der Waals surface area contributed by atoms with E-state index in [1.54, 1.807) is 42.5 Å². The molecule has 0 aliphatic rings. The minimum Gasteiger partial charge on any atom is -0.463 e. The Hall–Kier alpha value is -2.93. The number of ether oxygens (including phenoxy) is 1. The molecule has 7 heteroatoms. The number of benzene rings is 2. The Morgan fingerprint density at radius 3 is 2.25 bits per heavy atom. The first-order valence-electron chi connectivity index (χ1n) is 7.00. The number of nitrogens with zero attached hydrogens (tertiary/aromatic N) is 1. The molecular formula is C17H13NO5S. The highest BCUT2D eigenvalue weighted by molar-refractivity contribution is 7.90. The van der Waals surface area contributed by atoms with Crippen molar-refractivity contribution in [3.8, 4) is 0 Å². The molecule has 0 unspecified atom stereocenters. The lowest BCUT2D eigenvalue weighted by atomic mass is 10.1. The number of hydrogen-bond donors (Lipinski definition) is 0. The highest BCUT2D eigenvalue weighted by atomic mass is 32.2. The molecule has 0 N–H and O–H groups in total. The van der Waals surface area contributed by atoms with Gasteiger partial charge in [0.1, 0.15) is 0 Å². The highest BCUT2D eigenvalue weighted by Gasteiger charge is 2.26. The number of fused-ring (bicyclic) bond motifs is 1. The first kappa shape index (κ1) is 15.9. The first-order chi connectivity index (χ1) is 11.5. The fourth-order valence-corrected chi connectivity index (χ4v) is 3.83. The Balaban J connectivity index is 2.27. The second kappa shape index (κ2) is 5.93. The molecule has 0 saturated carbocycles. The number of esters is 1. The molecule has 0 bridgehead atoms. The van der Waals surface area contributed by atoms with Crippen molar-refractivity contribution >= 4 is 32.7 Å². The van der Waals surface area contributed by atoms with Crippen molar-refractivity contribution in [3.63, 3.8) is 0 Å². The van der Waals surface area contributed by atoms with E-state index >= 15 is 0 Å². The zero-order valence-electron chi connectivity index (χ0n) is 12.7. The lowest BCUT2D eigenvalue weighted by Crippen LogP contribution is -2.16. The maximum atomic E-state index is 12.9. The average Bonchev–Trinajstić information content (AvgIpc) is 3.01. The monoisotopic (exact) mass is 343 g/mol. The number of para-hydroxylation sites is 1. The third-order valence-electron chi connectivity index (χ3n) is 3.59. The van der Waals surface area contributed by atoms with Crippen LogP contribution in [0.5, 0.6) is 0 Å². The van der Waals surface area contributed by atoms with Crippen LogP contribution in [-0.4, -0.2) is 31.3 Å². The van der Waals surface area contributed by atoms with E-state index in [0.717, 1.165) is 17.3 Å². The van der Waals surface area contributed by atoms with Gasteiger partial charge in [-0.15, -0.1) is 0 Å². The van der Waals surface area contributed by atoms with Crippen molar-refractivity contribution in [2.45, 2.75) is 4.90 Å². The van der Waals surface area contributed by atoms with E-state index in [9.17, 15) is 18.0 Å². The molecule has 2 aromatic carbocycles. The van der Waals surface area contributed by atoms with Gasteiger partial charge in [-0.25, -0.2) is 17.2 Å². The van der Waals surface area contributed by atoms with Crippen LogP contribution in [0, 0.1) is 0 Å². The third kappa shape index (κ3) is 2.48. The molecule has 3 rings (SSSR count). The van der Waals surface area contributed by atoms with Crippen molar-refractivity contribution in [2.24, 2.45) is 0 Å². The van der Waals surface area contributed by atoms with Crippen LogP contribution in [0.2, 0.25) is 0 Å². The predicted octanol–water partition coefficient (Wildman–Crippen LogP) is 2.23. The van der Waals surface area contributed by atoms with Gasteiger partial charge in [0.25, 0.3) is 15.8 Å². The number of ketones is 1. The van der Waals surface area contributed by atoms with Crippen LogP contribution in [0.25, 0.3) is 10.9 Å². The molecule has 0 fully saturated rings. The summed E-state index contributed by atoms with van der Waals surface area (Å²) in [5, 5.41) is 0.368. The van der Waals surface area contributed by atoms with Gasteiger partial charge in [-0.05, 0) is 18.2 Å². The Labute approximate surface area is 138 Å². The topological polar surface area (TPSA) is 82.4 Å². The van der Waals surface area contributed by atoms with Gasteiger partial charge in [0.2, 0.25) is 0 Å². The number of rotatable bonds is 4. The van der Waals surface area contributed by atoms with Gasteiger partial charge in [-0.2, -0.15) is 0 Å². The van der Waals surface area contributed by atoms with Crippen LogP contribution in [0.3, 0.4) is 0 Å². The fraction of sp³-hybridized carbons (Fsp3) is 0.0588. The molecule has 1 aromatic heterocycles. The van der Waals surface area contributed by atoms with Gasteiger partial charge >= 0.3 is 5.97 Å². The maximum Gasteiger partial charge on any atom is 0.379 e. The number of Topliss-reactive ketones (excluding diaryl/α,β-unsaturated/α-hetero) is 1. The van der Waals surface area contributed by atoms with Crippen LogP contribution in [-0.2, 0) is 19.6 Å². The molecule has 122 valence electrons. The summed E-state index contributed by atoms with van der Waals surface area (Å²) in [6, 6.07) is 14.3. The van der Waals surface area contributed by atoms with E-state index in [0.29, 0.717) is 10.9 Å². The van der Waals surface area contributed by atoms with E-state index < -0.39 is 21.8 Å². The molecule has 0 radical (unpaired) electrons. The maximum absolute atomic E-state index is 12.9. The van der Waals surface area contributed by atoms with Crippen molar-refractivity contribution in [3.05, 3.63) is 66.4 Å². The summed E-state index contributed by atoms with van der Waals surface area (Å²) < 4.78 is 31.2. The van der Waals surface area contributed by atoms with Crippen molar-refractivity contribution in [2.75, 3.05) is 7.11 Å². The number of carbonyl (C=O) groups excluding carboxylic acids is 2. The fourth-order valence-electron chi connectivity index (χ4n) is 2.44. The molecule has 0 aliphatic heterocycles. The smallest absolute Gasteiger partial charge is 0.379 e. The van der Waals surface area contributed by atoms with Crippen LogP contribution in [0.4, 0.5) is 0 Å². The summed E-state index contributed by atoms with van der Waals surface area (Å²) in [6.45, 7) is 0. The van der Waals surface area contributed by atoms with Gasteiger partial charge in [0, 0.05) is 11.6 Å². The third-order valence-corrected chi connectivity index (χ3v) is 5.28. The number of carbonyl (C=O) groups is 2. The Morgan fingerprint density at radius 2 is 1.58 bits per heavy atom. The van der Waals surface area contributed by atoms with Gasteiger partial charge in [-0.3, -0.25) is 4.79 Å². The Morgan fingerprint density at radius 1 is 0.958 bits per heavy atom. The van der Waals surface area contributed by atoms with E-state index in [-0.39, 0.29) is 10.5 Å². The summed E-state index contributed by atoms with van der Waals surface area (Å²) in [6.07, 6.45) is 1.16. The molecule has 0 amide bonds. The second-order valence-electron chi connectivity index (χ2n) is 4.99. The van der Waals surface area contributed by atoms with Gasteiger partial charge in [0.05, 0.1) is 23.1 Å². The van der Waals surface area contributed by atoms with E-state index in [1.165, 1.54) is 12.1 Å². The summed E-state index contributed by atoms with van der Waals surface area (Å²) >= 11 is 0. The SMILES string of the molecule is COC(=O)C(=O)c1cn(S(=O)(=O)c2ccccc2)c2ccccc12. The summed E-state index contributed by atoms with van der Waals surface area (Å²) in [5.41, 5.74) is 0.297. The minimum absolute atomic E-state index is 0.0167. The molecule has 6 nitrogen and oxygen atoms in total. The summed E-state index contributed by atoms with van der Waals surface area (Å²) in [7, 11) is -2.80. The molecule has 0 atom stereocenters. The van der Waals surface area contributed by atoms with Crippen LogP contribution in [0.1, 0.15) is 10.4 Å². The Kier molecular flexibility index (Phi) is 3.94. The number of methoxy groups -OCH3 is 1. The van der Waals surface area contributed by atoms with E-state index in [4.69, 9.17) is 0 Å². The summed E-state index contributed by atoms with van der Waals surface area (Å²) in [5.74, 6) is -1.94. The van der Waals surface area contributed by atoms with Crippen molar-refractivity contribution in [1.29, 1.82) is 0 Å². The predicted molar refractivity (Wildman–Crippen MR) is 87.3 cm³/mol. The number of aromatic nitrogens is 1. The van der Waals surface area contributed by atoms with Crippen molar-refractivity contribution in [1.82, 2.24) is 3.97 Å². The molecular weight excluding hydrogens is 330 g/mol. The highest BCUT2D eigenvalue weighted by Crippen LogP contribution is 2.26.